The number of piperidine rings is 1. The zero-order chi connectivity index (χ0) is 10.3. The molecule has 3 saturated heterocycles. The number of hydrogen-bond acceptors (Lipinski definition) is 3. The summed E-state index contributed by atoms with van der Waals surface area (Å²) in [7, 11) is 0. The van der Waals surface area contributed by atoms with Crippen molar-refractivity contribution in [3.8, 4) is 0 Å². The average Bonchev–Trinajstić information content (AvgIpc) is 2.42. The highest BCUT2D eigenvalue weighted by Gasteiger charge is 2.35. The van der Waals surface area contributed by atoms with E-state index >= 15 is 0 Å². The topological polar surface area (TPSA) is 53.2 Å². The van der Waals surface area contributed by atoms with E-state index in [2.05, 4.69) is 16.0 Å². The first-order valence-corrected chi connectivity index (χ1v) is 6.08. The molecule has 0 aromatic carbocycles. The molecule has 2 bridgehead atoms. The molecule has 0 aromatic rings. The summed E-state index contributed by atoms with van der Waals surface area (Å²) in [6.45, 7) is 1.73. The van der Waals surface area contributed by atoms with Crippen LogP contribution in [-0.4, -0.2) is 37.1 Å². The van der Waals surface area contributed by atoms with E-state index in [1.54, 1.807) is 0 Å². The van der Waals surface area contributed by atoms with Crippen molar-refractivity contribution in [2.75, 3.05) is 13.1 Å². The van der Waals surface area contributed by atoms with Gasteiger partial charge in [0.25, 0.3) is 0 Å². The van der Waals surface area contributed by atoms with Crippen molar-refractivity contribution < 1.29 is 4.79 Å². The van der Waals surface area contributed by atoms with Crippen molar-refractivity contribution in [2.24, 2.45) is 5.92 Å². The molecule has 0 saturated carbocycles. The van der Waals surface area contributed by atoms with Crippen molar-refractivity contribution in [3.05, 3.63) is 0 Å². The highest BCUT2D eigenvalue weighted by atomic mass is 16.2. The van der Waals surface area contributed by atoms with Crippen molar-refractivity contribution >= 4 is 5.91 Å². The number of nitrogens with one attached hydrogen (secondary N) is 3. The summed E-state index contributed by atoms with van der Waals surface area (Å²) in [4.78, 5) is 11.8. The molecule has 84 valence electrons. The predicted molar refractivity (Wildman–Crippen MR) is 57.5 cm³/mol. The number of rotatable bonds is 2. The number of amides is 1. The summed E-state index contributed by atoms with van der Waals surface area (Å²) < 4.78 is 0. The minimum absolute atomic E-state index is 0.234. The molecule has 2 atom stereocenters. The minimum atomic E-state index is 0.234. The fourth-order valence-corrected chi connectivity index (χ4v) is 2.97. The maximum absolute atomic E-state index is 11.8. The van der Waals surface area contributed by atoms with E-state index in [1.807, 2.05) is 0 Å². The Hall–Kier alpha value is -0.610. The first-order chi connectivity index (χ1) is 7.31. The fraction of sp³-hybridized carbons (Fsp3) is 0.909. The molecule has 3 heterocycles. The number of carbonyl (C=O) groups excluding carboxylic acids is 1. The van der Waals surface area contributed by atoms with Crippen LogP contribution >= 0.6 is 0 Å². The molecule has 3 rings (SSSR count). The van der Waals surface area contributed by atoms with Gasteiger partial charge in [-0.05, 0) is 25.7 Å². The van der Waals surface area contributed by atoms with Crippen LogP contribution in [0.15, 0.2) is 0 Å². The normalized spacial score (nSPS) is 39.9. The molecule has 3 fully saturated rings. The second-order valence-corrected chi connectivity index (χ2v) is 5.17. The van der Waals surface area contributed by atoms with E-state index in [9.17, 15) is 4.79 Å². The molecule has 3 aliphatic rings. The molecular formula is C11H19N3O. The lowest BCUT2D eigenvalue weighted by molar-refractivity contribution is -0.127. The Morgan fingerprint density at radius 2 is 1.80 bits per heavy atom. The van der Waals surface area contributed by atoms with Crippen LogP contribution in [0.5, 0.6) is 0 Å². The number of carbonyl (C=O) groups is 1. The lowest BCUT2D eigenvalue weighted by Crippen LogP contribution is -2.55. The van der Waals surface area contributed by atoms with Gasteiger partial charge in [-0.1, -0.05) is 0 Å². The van der Waals surface area contributed by atoms with Crippen LogP contribution in [-0.2, 0) is 4.79 Å². The van der Waals surface area contributed by atoms with Gasteiger partial charge in [0.1, 0.15) is 0 Å². The zero-order valence-electron chi connectivity index (χ0n) is 8.96. The van der Waals surface area contributed by atoms with Gasteiger partial charge in [-0.2, -0.15) is 0 Å². The Morgan fingerprint density at radius 1 is 1.13 bits per heavy atom. The number of hydrogen-bond donors (Lipinski definition) is 3. The van der Waals surface area contributed by atoms with E-state index in [1.165, 1.54) is 12.8 Å². The summed E-state index contributed by atoms with van der Waals surface area (Å²) in [5.41, 5.74) is 0. The summed E-state index contributed by atoms with van der Waals surface area (Å²) in [5, 5.41) is 9.93. The lowest BCUT2D eigenvalue weighted by atomic mass is 9.97. The van der Waals surface area contributed by atoms with E-state index in [0.29, 0.717) is 18.1 Å². The second-order valence-electron chi connectivity index (χ2n) is 5.17. The van der Waals surface area contributed by atoms with Crippen LogP contribution in [0.3, 0.4) is 0 Å². The lowest BCUT2D eigenvalue weighted by Gasteiger charge is -2.33. The van der Waals surface area contributed by atoms with Gasteiger partial charge in [0.2, 0.25) is 5.91 Å². The smallest absolute Gasteiger partial charge is 0.225 e. The van der Waals surface area contributed by atoms with Gasteiger partial charge < -0.3 is 16.0 Å². The first kappa shape index (κ1) is 9.60. The van der Waals surface area contributed by atoms with Crippen molar-refractivity contribution in [2.45, 2.75) is 43.8 Å². The Labute approximate surface area is 90.2 Å². The Bertz CT molecular complexity index is 253. The molecule has 4 nitrogen and oxygen atoms in total. The van der Waals surface area contributed by atoms with Gasteiger partial charge in [0.05, 0.1) is 5.92 Å². The van der Waals surface area contributed by atoms with Crippen LogP contribution in [0.25, 0.3) is 0 Å². The third-order valence-corrected chi connectivity index (χ3v) is 3.97. The molecule has 15 heavy (non-hydrogen) atoms. The SMILES string of the molecule is O=C(NC1CC2CCC(C1)N2)C1CNC1. The minimum Gasteiger partial charge on any atom is -0.353 e. The van der Waals surface area contributed by atoms with Crippen LogP contribution < -0.4 is 16.0 Å². The standard InChI is InChI=1S/C11H19N3O/c15-11(7-5-12-6-7)14-10-3-8-1-2-9(4-10)13-8/h7-10,12-13H,1-6H2,(H,14,15). The predicted octanol–water partition coefficient (Wildman–Crippen LogP) is -0.395. The summed E-state index contributed by atoms with van der Waals surface area (Å²) in [6.07, 6.45) is 4.84. The van der Waals surface area contributed by atoms with Gasteiger partial charge in [-0.15, -0.1) is 0 Å². The molecule has 1 amide bonds. The third-order valence-electron chi connectivity index (χ3n) is 3.97. The van der Waals surface area contributed by atoms with Crippen molar-refractivity contribution in [1.29, 1.82) is 0 Å². The Kier molecular flexibility index (Phi) is 2.41. The van der Waals surface area contributed by atoms with Crippen LogP contribution in [0.4, 0.5) is 0 Å². The third kappa shape index (κ3) is 1.88. The maximum Gasteiger partial charge on any atom is 0.225 e. The fourth-order valence-electron chi connectivity index (χ4n) is 2.97. The summed E-state index contributed by atoms with van der Waals surface area (Å²) in [5.74, 6) is 0.498. The zero-order valence-corrected chi connectivity index (χ0v) is 8.96. The monoisotopic (exact) mass is 209 g/mol. The largest absolute Gasteiger partial charge is 0.353 e. The summed E-state index contributed by atoms with van der Waals surface area (Å²) in [6, 6.07) is 1.75. The Balaban J connectivity index is 1.52. The van der Waals surface area contributed by atoms with E-state index < -0.39 is 0 Å². The second kappa shape index (κ2) is 3.76. The van der Waals surface area contributed by atoms with Gasteiger partial charge in [-0.25, -0.2) is 0 Å². The van der Waals surface area contributed by atoms with E-state index in [-0.39, 0.29) is 11.8 Å². The molecular weight excluding hydrogens is 190 g/mol. The maximum atomic E-state index is 11.8. The Morgan fingerprint density at radius 3 is 2.33 bits per heavy atom. The van der Waals surface area contributed by atoms with Crippen molar-refractivity contribution in [1.82, 2.24) is 16.0 Å². The molecule has 4 heteroatoms. The van der Waals surface area contributed by atoms with Gasteiger partial charge >= 0.3 is 0 Å². The number of fused-ring (bicyclic) bond motifs is 2. The molecule has 0 radical (unpaired) electrons. The summed E-state index contributed by atoms with van der Waals surface area (Å²) >= 11 is 0. The molecule has 0 aromatic heterocycles. The van der Waals surface area contributed by atoms with E-state index in [0.717, 1.165) is 25.9 Å². The van der Waals surface area contributed by atoms with E-state index in [4.69, 9.17) is 0 Å². The highest BCUT2D eigenvalue weighted by molar-refractivity contribution is 5.80. The molecule has 0 spiro atoms. The first-order valence-electron chi connectivity index (χ1n) is 6.08. The quantitative estimate of drug-likeness (QED) is 0.580. The molecule has 3 N–H and O–H groups in total. The molecule has 3 aliphatic heterocycles. The molecule has 0 aliphatic carbocycles. The average molecular weight is 209 g/mol. The van der Waals surface area contributed by atoms with Crippen LogP contribution in [0.1, 0.15) is 25.7 Å². The van der Waals surface area contributed by atoms with Gasteiger partial charge in [0.15, 0.2) is 0 Å². The van der Waals surface area contributed by atoms with Gasteiger partial charge in [0, 0.05) is 31.2 Å². The van der Waals surface area contributed by atoms with Crippen LogP contribution in [0, 0.1) is 5.92 Å². The van der Waals surface area contributed by atoms with Crippen molar-refractivity contribution in [3.63, 3.8) is 0 Å². The van der Waals surface area contributed by atoms with Gasteiger partial charge in [-0.3, -0.25) is 4.79 Å². The highest BCUT2D eigenvalue weighted by Crippen LogP contribution is 2.26. The van der Waals surface area contributed by atoms with Crippen LogP contribution in [0.2, 0.25) is 0 Å². The molecule has 2 unspecified atom stereocenters.